The standard InChI is InChI=1S/C22H21N5OS/c1-15(29-22-23-24-25-27(22)16-9-3-2-4-10-16)21(28)26-19-13-7-5-11-17(19)18-12-6-8-14-20(18)26/h2-5,7,9-11,13,15H,6,8,12,14H2,1H3. The highest BCUT2D eigenvalue weighted by Gasteiger charge is 2.27. The molecular formula is C22H21N5OS. The van der Waals surface area contributed by atoms with E-state index in [0.717, 1.165) is 30.5 Å². The van der Waals surface area contributed by atoms with Gasteiger partial charge in [-0.25, -0.2) is 0 Å². The number of benzene rings is 2. The molecule has 0 aliphatic heterocycles. The largest absolute Gasteiger partial charge is 0.283 e. The molecule has 146 valence electrons. The summed E-state index contributed by atoms with van der Waals surface area (Å²) >= 11 is 1.39. The SMILES string of the molecule is CC(Sc1nnnn1-c1ccccc1)C(=O)n1c2c(c3ccccc31)CCCC2. The molecule has 0 amide bonds. The van der Waals surface area contributed by atoms with Crippen LogP contribution in [0.1, 0.15) is 35.8 Å². The third-order valence-electron chi connectivity index (χ3n) is 5.47. The fourth-order valence-electron chi connectivity index (χ4n) is 4.12. The van der Waals surface area contributed by atoms with E-state index in [2.05, 4.69) is 33.7 Å². The number of aromatic nitrogens is 5. The number of hydrogen-bond donors (Lipinski definition) is 0. The Balaban J connectivity index is 1.49. The van der Waals surface area contributed by atoms with E-state index in [4.69, 9.17) is 0 Å². The molecule has 29 heavy (non-hydrogen) atoms. The molecule has 6 nitrogen and oxygen atoms in total. The van der Waals surface area contributed by atoms with Crippen LogP contribution < -0.4 is 0 Å². The minimum Gasteiger partial charge on any atom is -0.283 e. The summed E-state index contributed by atoms with van der Waals surface area (Å²) in [5.74, 6) is 0.0805. The number of nitrogens with zero attached hydrogens (tertiary/aromatic N) is 5. The molecule has 2 aromatic heterocycles. The molecule has 4 aromatic rings. The van der Waals surface area contributed by atoms with Crippen LogP contribution in [0.25, 0.3) is 16.6 Å². The van der Waals surface area contributed by atoms with Crippen molar-refractivity contribution >= 4 is 28.6 Å². The van der Waals surface area contributed by atoms with Gasteiger partial charge in [-0.15, -0.1) is 5.10 Å². The fraction of sp³-hybridized carbons (Fsp3) is 0.273. The van der Waals surface area contributed by atoms with Gasteiger partial charge in [-0.1, -0.05) is 48.2 Å². The Kier molecular flexibility index (Phi) is 4.67. The van der Waals surface area contributed by atoms with Crippen molar-refractivity contribution in [1.82, 2.24) is 24.8 Å². The van der Waals surface area contributed by atoms with E-state index in [-0.39, 0.29) is 11.2 Å². The average Bonchev–Trinajstić information content (AvgIpc) is 3.36. The molecule has 5 rings (SSSR count). The first kappa shape index (κ1) is 18.1. The number of aryl methyl sites for hydroxylation is 1. The van der Waals surface area contributed by atoms with Gasteiger partial charge in [-0.05, 0) is 66.8 Å². The summed E-state index contributed by atoms with van der Waals surface area (Å²) in [5.41, 5.74) is 4.41. The second-order valence-corrected chi connectivity index (χ2v) is 8.60. The van der Waals surface area contributed by atoms with Gasteiger partial charge in [0, 0.05) is 11.1 Å². The summed E-state index contributed by atoms with van der Waals surface area (Å²) < 4.78 is 3.62. The molecule has 0 fully saturated rings. The number of carbonyl (C=O) groups excluding carboxylic acids is 1. The van der Waals surface area contributed by atoms with Crippen LogP contribution >= 0.6 is 11.8 Å². The van der Waals surface area contributed by atoms with Crippen molar-refractivity contribution in [3.8, 4) is 5.69 Å². The summed E-state index contributed by atoms with van der Waals surface area (Å²) in [7, 11) is 0. The molecule has 7 heteroatoms. The summed E-state index contributed by atoms with van der Waals surface area (Å²) in [6, 6.07) is 18.0. The maximum Gasteiger partial charge on any atom is 0.244 e. The van der Waals surface area contributed by atoms with E-state index < -0.39 is 0 Å². The first-order chi connectivity index (χ1) is 14.2. The lowest BCUT2D eigenvalue weighted by molar-refractivity contribution is 0.0917. The smallest absolute Gasteiger partial charge is 0.244 e. The average molecular weight is 404 g/mol. The second kappa shape index (κ2) is 7.48. The van der Waals surface area contributed by atoms with Gasteiger partial charge in [0.15, 0.2) is 0 Å². The van der Waals surface area contributed by atoms with Crippen LogP contribution in [-0.4, -0.2) is 35.9 Å². The van der Waals surface area contributed by atoms with Gasteiger partial charge in [-0.2, -0.15) is 4.68 Å². The normalized spacial score (nSPS) is 14.7. The lowest BCUT2D eigenvalue weighted by atomic mass is 9.95. The molecule has 1 atom stereocenters. The van der Waals surface area contributed by atoms with Crippen LogP contribution in [0.5, 0.6) is 0 Å². The number of para-hydroxylation sites is 2. The van der Waals surface area contributed by atoms with E-state index in [1.54, 1.807) is 4.68 Å². The summed E-state index contributed by atoms with van der Waals surface area (Å²) in [5, 5.41) is 13.6. The van der Waals surface area contributed by atoms with Crippen LogP contribution in [0.3, 0.4) is 0 Å². The molecule has 1 aliphatic rings. The Bertz CT molecular complexity index is 1180. The molecule has 2 aromatic carbocycles. The molecule has 0 spiro atoms. The number of rotatable bonds is 4. The van der Waals surface area contributed by atoms with Crippen LogP contribution in [0.15, 0.2) is 59.8 Å². The van der Waals surface area contributed by atoms with Crippen molar-refractivity contribution in [2.24, 2.45) is 0 Å². The third kappa shape index (κ3) is 3.15. The Morgan fingerprint density at radius 3 is 2.66 bits per heavy atom. The van der Waals surface area contributed by atoms with E-state index in [0.29, 0.717) is 5.16 Å². The highest BCUT2D eigenvalue weighted by Crippen LogP contribution is 2.34. The zero-order valence-electron chi connectivity index (χ0n) is 16.2. The van der Waals surface area contributed by atoms with Crippen molar-refractivity contribution < 1.29 is 4.79 Å². The monoisotopic (exact) mass is 403 g/mol. The maximum atomic E-state index is 13.5. The van der Waals surface area contributed by atoms with Gasteiger partial charge in [0.05, 0.1) is 16.5 Å². The summed E-state index contributed by atoms with van der Waals surface area (Å²) in [6.45, 7) is 1.93. The first-order valence-corrected chi connectivity index (χ1v) is 10.8. The van der Waals surface area contributed by atoms with Gasteiger partial charge in [0.1, 0.15) is 0 Å². The number of hydrogen-bond acceptors (Lipinski definition) is 5. The summed E-state index contributed by atoms with van der Waals surface area (Å²) in [4.78, 5) is 13.5. The van der Waals surface area contributed by atoms with Crippen molar-refractivity contribution in [2.75, 3.05) is 0 Å². The molecule has 1 unspecified atom stereocenters. The minimum absolute atomic E-state index is 0.0805. The van der Waals surface area contributed by atoms with Crippen molar-refractivity contribution in [2.45, 2.75) is 43.0 Å². The molecule has 2 heterocycles. The molecule has 0 radical (unpaired) electrons. The predicted octanol–water partition coefficient (Wildman–Crippen LogP) is 4.32. The minimum atomic E-state index is -0.315. The van der Waals surface area contributed by atoms with Crippen molar-refractivity contribution in [3.63, 3.8) is 0 Å². The van der Waals surface area contributed by atoms with Gasteiger partial charge in [0.25, 0.3) is 0 Å². The molecule has 1 aliphatic carbocycles. The number of thioether (sulfide) groups is 1. The number of carbonyl (C=O) groups is 1. The van der Waals surface area contributed by atoms with Gasteiger partial charge < -0.3 is 0 Å². The molecular weight excluding hydrogens is 382 g/mol. The van der Waals surface area contributed by atoms with E-state index in [1.807, 2.05) is 47.9 Å². The first-order valence-electron chi connectivity index (χ1n) is 9.90. The van der Waals surface area contributed by atoms with Crippen LogP contribution in [0, 0.1) is 0 Å². The Morgan fingerprint density at radius 2 is 1.79 bits per heavy atom. The maximum absolute atomic E-state index is 13.5. The number of fused-ring (bicyclic) bond motifs is 3. The Hall–Kier alpha value is -2.93. The van der Waals surface area contributed by atoms with Crippen LogP contribution in [0.4, 0.5) is 0 Å². The topological polar surface area (TPSA) is 65.6 Å². The zero-order valence-corrected chi connectivity index (χ0v) is 17.0. The van der Waals surface area contributed by atoms with Gasteiger partial charge in [0.2, 0.25) is 11.1 Å². The number of tetrazole rings is 1. The van der Waals surface area contributed by atoms with Crippen molar-refractivity contribution in [3.05, 3.63) is 65.9 Å². The molecule has 0 saturated carbocycles. The lowest BCUT2D eigenvalue weighted by Crippen LogP contribution is -2.24. The quantitative estimate of drug-likeness (QED) is 0.475. The Labute approximate surface area is 172 Å². The zero-order chi connectivity index (χ0) is 19.8. The van der Waals surface area contributed by atoms with Gasteiger partial charge in [-0.3, -0.25) is 9.36 Å². The van der Waals surface area contributed by atoms with E-state index in [9.17, 15) is 4.79 Å². The van der Waals surface area contributed by atoms with Crippen LogP contribution in [-0.2, 0) is 12.8 Å². The highest BCUT2D eigenvalue weighted by molar-refractivity contribution is 8.00. The predicted molar refractivity (Wildman–Crippen MR) is 114 cm³/mol. The van der Waals surface area contributed by atoms with E-state index in [1.165, 1.54) is 34.8 Å². The summed E-state index contributed by atoms with van der Waals surface area (Å²) in [6.07, 6.45) is 4.31. The lowest BCUT2D eigenvalue weighted by Gasteiger charge is -2.17. The van der Waals surface area contributed by atoms with Crippen LogP contribution in [0.2, 0.25) is 0 Å². The third-order valence-corrected chi connectivity index (χ3v) is 6.49. The fourth-order valence-corrected chi connectivity index (χ4v) is 4.97. The molecule has 0 N–H and O–H groups in total. The van der Waals surface area contributed by atoms with Crippen molar-refractivity contribution in [1.29, 1.82) is 0 Å². The van der Waals surface area contributed by atoms with E-state index >= 15 is 0 Å². The molecule has 0 bridgehead atoms. The highest BCUT2D eigenvalue weighted by atomic mass is 32.2. The second-order valence-electron chi connectivity index (χ2n) is 7.29. The molecule has 0 saturated heterocycles. The van der Waals surface area contributed by atoms with Gasteiger partial charge >= 0.3 is 0 Å². The Morgan fingerprint density at radius 1 is 1.03 bits per heavy atom.